The van der Waals surface area contributed by atoms with Crippen molar-refractivity contribution in [1.29, 1.82) is 0 Å². The molecule has 12 nitrogen and oxygen atoms in total. The topological polar surface area (TPSA) is 153 Å². The van der Waals surface area contributed by atoms with Crippen LogP contribution in [0.15, 0.2) is 72.8 Å². The molecule has 0 aliphatic heterocycles. The summed E-state index contributed by atoms with van der Waals surface area (Å²) in [6, 6.07) is 9.69. The number of methoxy groups -OCH3 is 1. The van der Waals surface area contributed by atoms with Crippen molar-refractivity contribution in [2.45, 2.75) is 98.6 Å². The Hall–Kier alpha value is -5.34. The van der Waals surface area contributed by atoms with Crippen LogP contribution >= 0.6 is 0 Å². The van der Waals surface area contributed by atoms with Gasteiger partial charge < -0.3 is 29.1 Å². The second-order valence-corrected chi connectivity index (χ2v) is 11.9. The van der Waals surface area contributed by atoms with Crippen LogP contribution in [0.3, 0.4) is 0 Å². The quantitative estimate of drug-likeness (QED) is 0.0206. The van der Waals surface area contributed by atoms with Crippen LogP contribution in [0.25, 0.3) is 6.08 Å². The van der Waals surface area contributed by atoms with E-state index < -0.39 is 28.8 Å². The molecular formula is C42H59F3N2O10. The van der Waals surface area contributed by atoms with Crippen LogP contribution < -0.4 is 19.5 Å². The maximum absolute atomic E-state index is 12.5. The maximum Gasteiger partial charge on any atom is 0.416 e. The molecule has 318 valence electrons. The summed E-state index contributed by atoms with van der Waals surface area (Å²) in [5.41, 5.74) is -0.0769. The minimum absolute atomic E-state index is 0.0552. The van der Waals surface area contributed by atoms with E-state index in [1.165, 1.54) is 37.8 Å². The molecule has 1 atom stereocenters. The first kappa shape index (κ1) is 51.7. The predicted molar refractivity (Wildman–Crippen MR) is 213 cm³/mol. The number of ether oxygens (including phenoxy) is 4. The number of halogens is 3. The van der Waals surface area contributed by atoms with E-state index in [0.29, 0.717) is 50.2 Å². The van der Waals surface area contributed by atoms with Crippen molar-refractivity contribution >= 4 is 23.9 Å². The van der Waals surface area contributed by atoms with E-state index in [0.717, 1.165) is 31.4 Å². The maximum atomic E-state index is 12.5. The standard InChI is InChI=1S/C23H30N2O9.C17H23F3O.C2H6/c1-3-4-5-6-9-21(26)24-17-23(28)34-19-12-10-18(16-20(19)31-2)11-13-22(27)32-14-7-8-15-33-25(29)30;1-3-8-14(4-2)9-5-6-12-21-16-11-7-10-15(13-16)17(18,19)20;1-2/h3-4,10-13,16H,5-9,14-15,17H2,1-2H3,(H,24,26);5,7,9-11,13-14H,3-4,6,8,12H2,1-2H3;1-2H3/b4-3-,13-11+;9-5+;. The summed E-state index contributed by atoms with van der Waals surface area (Å²) in [6.07, 6.45) is 13.3. The normalized spacial score (nSPS) is 11.5. The van der Waals surface area contributed by atoms with Crippen LogP contribution in [0.5, 0.6) is 17.2 Å². The number of esters is 2. The van der Waals surface area contributed by atoms with Crippen LogP contribution in [-0.2, 0) is 30.1 Å². The van der Waals surface area contributed by atoms with Gasteiger partial charge in [0.05, 0.1) is 32.5 Å². The van der Waals surface area contributed by atoms with Crippen molar-refractivity contribution in [1.82, 2.24) is 5.32 Å². The number of carbonyl (C=O) groups excluding carboxylic acids is 3. The third-order valence-electron chi connectivity index (χ3n) is 7.55. The summed E-state index contributed by atoms with van der Waals surface area (Å²) >= 11 is 0. The van der Waals surface area contributed by atoms with Gasteiger partial charge in [-0.1, -0.05) is 70.6 Å². The van der Waals surface area contributed by atoms with Crippen molar-refractivity contribution in [2.75, 3.05) is 33.5 Å². The highest BCUT2D eigenvalue weighted by Crippen LogP contribution is 2.31. The van der Waals surface area contributed by atoms with Crippen molar-refractivity contribution in [3.63, 3.8) is 0 Å². The average molecular weight is 809 g/mol. The van der Waals surface area contributed by atoms with E-state index in [4.69, 9.17) is 18.9 Å². The number of benzene rings is 2. The van der Waals surface area contributed by atoms with Gasteiger partial charge in [-0.15, -0.1) is 10.1 Å². The lowest BCUT2D eigenvalue weighted by Crippen LogP contribution is -2.31. The van der Waals surface area contributed by atoms with Gasteiger partial charge in [-0.2, -0.15) is 13.2 Å². The van der Waals surface area contributed by atoms with E-state index in [1.54, 1.807) is 18.2 Å². The minimum Gasteiger partial charge on any atom is -0.493 e. The number of amides is 1. The molecule has 0 aliphatic carbocycles. The molecule has 15 heteroatoms. The summed E-state index contributed by atoms with van der Waals surface area (Å²) in [6.45, 7) is 10.4. The summed E-state index contributed by atoms with van der Waals surface area (Å²) in [5, 5.41) is 11.7. The summed E-state index contributed by atoms with van der Waals surface area (Å²) in [5.74, 6) is -0.159. The Morgan fingerprint density at radius 2 is 1.68 bits per heavy atom. The van der Waals surface area contributed by atoms with Gasteiger partial charge in [-0.05, 0) is 99.8 Å². The van der Waals surface area contributed by atoms with Gasteiger partial charge in [0.1, 0.15) is 12.3 Å². The number of allylic oxidation sites excluding steroid dienone is 3. The second-order valence-electron chi connectivity index (χ2n) is 11.9. The third kappa shape index (κ3) is 26.2. The third-order valence-corrected chi connectivity index (χ3v) is 7.55. The minimum atomic E-state index is -4.33. The molecule has 1 unspecified atom stereocenters. The average Bonchev–Trinajstić information content (AvgIpc) is 3.19. The van der Waals surface area contributed by atoms with Gasteiger partial charge in [0.15, 0.2) is 11.5 Å². The molecule has 2 rings (SSSR count). The Morgan fingerprint density at radius 1 is 0.947 bits per heavy atom. The highest BCUT2D eigenvalue weighted by Gasteiger charge is 2.30. The van der Waals surface area contributed by atoms with Crippen LogP contribution in [0.2, 0.25) is 0 Å². The van der Waals surface area contributed by atoms with Gasteiger partial charge in [-0.3, -0.25) is 4.79 Å². The molecule has 2 aromatic rings. The number of nitrogens with one attached hydrogen (secondary N) is 1. The monoisotopic (exact) mass is 808 g/mol. The predicted octanol–water partition coefficient (Wildman–Crippen LogP) is 9.89. The molecule has 0 spiro atoms. The molecule has 1 amide bonds. The fraction of sp³-hybridized carbons (Fsp3) is 0.500. The molecule has 2 aromatic carbocycles. The highest BCUT2D eigenvalue weighted by molar-refractivity contribution is 5.87. The largest absolute Gasteiger partial charge is 0.493 e. The molecule has 0 aromatic heterocycles. The summed E-state index contributed by atoms with van der Waals surface area (Å²) < 4.78 is 58.5. The van der Waals surface area contributed by atoms with Gasteiger partial charge in [-0.25, -0.2) is 9.59 Å². The number of rotatable bonds is 24. The van der Waals surface area contributed by atoms with E-state index in [-0.39, 0.29) is 42.9 Å². The first-order valence-electron chi connectivity index (χ1n) is 19.2. The van der Waals surface area contributed by atoms with E-state index in [2.05, 4.69) is 36.2 Å². The Labute approximate surface area is 334 Å². The van der Waals surface area contributed by atoms with E-state index in [9.17, 15) is 37.7 Å². The van der Waals surface area contributed by atoms with E-state index in [1.807, 2.05) is 32.9 Å². The molecule has 0 saturated carbocycles. The number of carbonyl (C=O) groups is 3. The first-order chi connectivity index (χ1) is 27.3. The lowest BCUT2D eigenvalue weighted by Gasteiger charge is -2.10. The zero-order valence-corrected chi connectivity index (χ0v) is 33.9. The van der Waals surface area contributed by atoms with Crippen molar-refractivity contribution in [3.8, 4) is 17.2 Å². The van der Waals surface area contributed by atoms with Crippen LogP contribution in [0, 0.1) is 16.0 Å². The van der Waals surface area contributed by atoms with Crippen molar-refractivity contribution in [3.05, 3.63) is 94.1 Å². The zero-order valence-electron chi connectivity index (χ0n) is 33.9. The lowest BCUT2D eigenvalue weighted by atomic mass is 10.0. The summed E-state index contributed by atoms with van der Waals surface area (Å²) in [4.78, 5) is 49.7. The molecule has 0 bridgehead atoms. The number of alkyl halides is 3. The van der Waals surface area contributed by atoms with Crippen LogP contribution in [0.4, 0.5) is 13.2 Å². The molecule has 57 heavy (non-hydrogen) atoms. The van der Waals surface area contributed by atoms with Gasteiger partial charge >= 0.3 is 18.1 Å². The van der Waals surface area contributed by atoms with E-state index >= 15 is 0 Å². The zero-order chi connectivity index (χ0) is 42.9. The Bertz CT molecular complexity index is 1540. The Kier molecular flexibility index (Phi) is 28.8. The van der Waals surface area contributed by atoms with Crippen molar-refractivity contribution in [2.24, 2.45) is 5.92 Å². The molecular weight excluding hydrogens is 749 g/mol. The number of hydrogen-bond donors (Lipinski definition) is 1. The summed E-state index contributed by atoms with van der Waals surface area (Å²) in [7, 11) is 1.41. The molecule has 0 aliphatic rings. The van der Waals surface area contributed by atoms with Gasteiger partial charge in [0.2, 0.25) is 5.91 Å². The smallest absolute Gasteiger partial charge is 0.416 e. The number of unbranched alkanes of at least 4 members (excludes halogenated alkanes) is 2. The molecule has 0 heterocycles. The van der Waals surface area contributed by atoms with Crippen molar-refractivity contribution < 1.29 is 56.4 Å². The molecule has 1 N–H and O–H groups in total. The van der Waals surface area contributed by atoms with Gasteiger partial charge in [0.25, 0.3) is 5.09 Å². The fourth-order valence-corrected chi connectivity index (χ4v) is 4.67. The molecule has 0 saturated heterocycles. The Balaban J connectivity index is 0.00000116. The molecule has 0 fully saturated rings. The lowest BCUT2D eigenvalue weighted by molar-refractivity contribution is -0.757. The molecule has 0 radical (unpaired) electrons. The van der Waals surface area contributed by atoms with Crippen LogP contribution in [0.1, 0.15) is 104 Å². The second kappa shape index (κ2) is 31.8. The number of hydrogen-bond acceptors (Lipinski definition) is 10. The first-order valence-corrected chi connectivity index (χ1v) is 19.2. The SMILES string of the molecule is C/C=C\CCCC(=O)NCC(=O)Oc1ccc(/C=C/C(=O)OCCCCO[N+](=O)[O-])cc1OC.CC.CCCC(/C=C/CCOc1cccc(C(F)(F)F)c1)CC. The van der Waals surface area contributed by atoms with Crippen LogP contribution in [-0.4, -0.2) is 56.4 Å². The van der Waals surface area contributed by atoms with Gasteiger partial charge in [0, 0.05) is 12.5 Å². The Morgan fingerprint density at radius 3 is 2.33 bits per heavy atom. The highest BCUT2D eigenvalue weighted by atomic mass is 19.4. The fourth-order valence-electron chi connectivity index (χ4n) is 4.67. The number of nitrogens with zero attached hydrogens (tertiary/aromatic N) is 1.